The SMILES string of the molecule is C[C@@H]1CNC[C@H]1C(=O)Nc1ncccn1. The van der Waals surface area contributed by atoms with E-state index in [0.717, 1.165) is 13.1 Å². The van der Waals surface area contributed by atoms with E-state index >= 15 is 0 Å². The molecule has 0 radical (unpaired) electrons. The van der Waals surface area contributed by atoms with Gasteiger partial charge in [0, 0.05) is 18.9 Å². The number of nitrogens with one attached hydrogen (secondary N) is 2. The third-order valence-corrected chi connectivity index (χ3v) is 2.65. The summed E-state index contributed by atoms with van der Waals surface area (Å²) in [5.41, 5.74) is 0. The Bertz CT molecular complexity index is 341. The number of aromatic nitrogens is 2. The number of anilines is 1. The van der Waals surface area contributed by atoms with E-state index in [2.05, 4.69) is 27.5 Å². The molecule has 2 atom stereocenters. The summed E-state index contributed by atoms with van der Waals surface area (Å²) in [7, 11) is 0. The first-order valence-electron chi connectivity index (χ1n) is 5.06. The van der Waals surface area contributed by atoms with Crippen molar-refractivity contribution < 1.29 is 4.79 Å². The normalized spacial score (nSPS) is 25.1. The Morgan fingerprint density at radius 1 is 1.47 bits per heavy atom. The highest BCUT2D eigenvalue weighted by atomic mass is 16.2. The maximum Gasteiger partial charge on any atom is 0.231 e. The van der Waals surface area contributed by atoms with Crippen LogP contribution in [0.3, 0.4) is 0 Å². The first-order valence-corrected chi connectivity index (χ1v) is 5.06. The number of hydrogen-bond donors (Lipinski definition) is 2. The third-order valence-electron chi connectivity index (χ3n) is 2.65. The quantitative estimate of drug-likeness (QED) is 0.729. The van der Waals surface area contributed by atoms with Crippen molar-refractivity contribution in [1.82, 2.24) is 15.3 Å². The van der Waals surface area contributed by atoms with Crippen molar-refractivity contribution in [2.75, 3.05) is 18.4 Å². The second-order valence-electron chi connectivity index (χ2n) is 3.80. The van der Waals surface area contributed by atoms with Gasteiger partial charge in [-0.3, -0.25) is 10.1 Å². The van der Waals surface area contributed by atoms with E-state index in [-0.39, 0.29) is 11.8 Å². The maximum absolute atomic E-state index is 11.8. The van der Waals surface area contributed by atoms with Gasteiger partial charge in [0.15, 0.2) is 0 Å². The molecule has 0 saturated carbocycles. The van der Waals surface area contributed by atoms with Crippen LogP contribution in [0.15, 0.2) is 18.5 Å². The van der Waals surface area contributed by atoms with Crippen LogP contribution in [0, 0.1) is 11.8 Å². The van der Waals surface area contributed by atoms with Crippen LogP contribution in [-0.2, 0) is 4.79 Å². The maximum atomic E-state index is 11.8. The molecule has 1 fully saturated rings. The summed E-state index contributed by atoms with van der Waals surface area (Å²) in [6.07, 6.45) is 3.22. The van der Waals surface area contributed by atoms with E-state index in [4.69, 9.17) is 0 Å². The van der Waals surface area contributed by atoms with Crippen molar-refractivity contribution in [3.63, 3.8) is 0 Å². The zero-order valence-corrected chi connectivity index (χ0v) is 8.60. The molecule has 15 heavy (non-hydrogen) atoms. The van der Waals surface area contributed by atoms with E-state index < -0.39 is 0 Å². The van der Waals surface area contributed by atoms with Crippen LogP contribution in [0.5, 0.6) is 0 Å². The molecule has 1 aliphatic heterocycles. The molecule has 1 amide bonds. The van der Waals surface area contributed by atoms with Gasteiger partial charge >= 0.3 is 0 Å². The highest BCUT2D eigenvalue weighted by molar-refractivity contribution is 5.91. The van der Waals surface area contributed by atoms with Crippen LogP contribution in [0.4, 0.5) is 5.95 Å². The smallest absolute Gasteiger partial charge is 0.231 e. The third kappa shape index (κ3) is 2.30. The van der Waals surface area contributed by atoms with Crippen molar-refractivity contribution >= 4 is 11.9 Å². The Kier molecular flexibility index (Phi) is 2.91. The molecule has 0 spiro atoms. The van der Waals surface area contributed by atoms with Crippen molar-refractivity contribution in [2.24, 2.45) is 11.8 Å². The van der Waals surface area contributed by atoms with Gasteiger partial charge in [0.25, 0.3) is 0 Å². The zero-order chi connectivity index (χ0) is 10.7. The highest BCUT2D eigenvalue weighted by Crippen LogP contribution is 2.16. The number of nitrogens with zero attached hydrogens (tertiary/aromatic N) is 2. The molecule has 5 nitrogen and oxygen atoms in total. The molecular weight excluding hydrogens is 192 g/mol. The van der Waals surface area contributed by atoms with Gasteiger partial charge in [-0.2, -0.15) is 0 Å². The number of carbonyl (C=O) groups excluding carboxylic acids is 1. The van der Waals surface area contributed by atoms with Crippen LogP contribution in [0.1, 0.15) is 6.92 Å². The minimum absolute atomic E-state index is 0.00120. The first-order chi connectivity index (χ1) is 7.27. The van der Waals surface area contributed by atoms with Crippen LogP contribution in [0.25, 0.3) is 0 Å². The van der Waals surface area contributed by atoms with Crippen LogP contribution >= 0.6 is 0 Å². The van der Waals surface area contributed by atoms with E-state index in [1.54, 1.807) is 18.5 Å². The Labute approximate surface area is 88.3 Å². The average Bonchev–Trinajstić information content (AvgIpc) is 2.66. The standard InChI is InChI=1S/C10H14N4O/c1-7-5-11-6-8(7)9(15)14-10-12-3-2-4-13-10/h2-4,7-8,11H,5-6H2,1H3,(H,12,13,14,15)/t7-,8-/m1/s1. The Balaban J connectivity index is 1.98. The monoisotopic (exact) mass is 206 g/mol. The summed E-state index contributed by atoms with van der Waals surface area (Å²) in [4.78, 5) is 19.7. The largest absolute Gasteiger partial charge is 0.316 e. The molecule has 0 bridgehead atoms. The lowest BCUT2D eigenvalue weighted by Gasteiger charge is -2.12. The van der Waals surface area contributed by atoms with E-state index in [0.29, 0.717) is 11.9 Å². The Morgan fingerprint density at radius 3 is 2.80 bits per heavy atom. The Morgan fingerprint density at radius 2 is 2.20 bits per heavy atom. The average molecular weight is 206 g/mol. The predicted octanol–water partition coefficient (Wildman–Crippen LogP) is 0.271. The summed E-state index contributed by atoms with van der Waals surface area (Å²) >= 11 is 0. The van der Waals surface area contributed by atoms with Gasteiger partial charge in [-0.25, -0.2) is 9.97 Å². The molecule has 1 aromatic heterocycles. The molecule has 2 rings (SSSR count). The Hall–Kier alpha value is -1.49. The van der Waals surface area contributed by atoms with Gasteiger partial charge in [-0.15, -0.1) is 0 Å². The van der Waals surface area contributed by atoms with Crippen molar-refractivity contribution in [3.05, 3.63) is 18.5 Å². The minimum atomic E-state index is -0.00120. The molecule has 0 unspecified atom stereocenters. The predicted molar refractivity (Wildman–Crippen MR) is 56.2 cm³/mol. The van der Waals surface area contributed by atoms with Gasteiger partial charge in [0.1, 0.15) is 0 Å². The topological polar surface area (TPSA) is 66.9 Å². The lowest BCUT2D eigenvalue weighted by Crippen LogP contribution is -2.28. The summed E-state index contributed by atoms with van der Waals surface area (Å²) < 4.78 is 0. The van der Waals surface area contributed by atoms with Gasteiger partial charge in [-0.1, -0.05) is 6.92 Å². The lowest BCUT2D eigenvalue weighted by molar-refractivity contribution is -0.120. The molecule has 0 aliphatic carbocycles. The van der Waals surface area contributed by atoms with Gasteiger partial charge < -0.3 is 5.32 Å². The molecule has 2 N–H and O–H groups in total. The van der Waals surface area contributed by atoms with E-state index in [1.807, 2.05) is 0 Å². The summed E-state index contributed by atoms with van der Waals surface area (Å²) in [6, 6.07) is 1.72. The van der Waals surface area contributed by atoms with Crippen LogP contribution in [0.2, 0.25) is 0 Å². The van der Waals surface area contributed by atoms with Crippen molar-refractivity contribution in [1.29, 1.82) is 0 Å². The highest BCUT2D eigenvalue weighted by Gasteiger charge is 2.29. The molecule has 1 saturated heterocycles. The van der Waals surface area contributed by atoms with E-state index in [9.17, 15) is 4.79 Å². The fraction of sp³-hybridized carbons (Fsp3) is 0.500. The van der Waals surface area contributed by atoms with Gasteiger partial charge in [0.2, 0.25) is 11.9 Å². The summed E-state index contributed by atoms with van der Waals surface area (Å²) in [6.45, 7) is 3.70. The fourth-order valence-electron chi connectivity index (χ4n) is 1.73. The molecular formula is C10H14N4O. The van der Waals surface area contributed by atoms with Gasteiger partial charge in [-0.05, 0) is 18.5 Å². The van der Waals surface area contributed by atoms with Crippen molar-refractivity contribution in [3.8, 4) is 0 Å². The lowest BCUT2D eigenvalue weighted by atomic mass is 9.97. The fourth-order valence-corrected chi connectivity index (χ4v) is 1.73. The van der Waals surface area contributed by atoms with Crippen LogP contribution < -0.4 is 10.6 Å². The molecule has 1 aliphatic rings. The molecule has 0 aromatic carbocycles. The molecule has 5 heteroatoms. The minimum Gasteiger partial charge on any atom is -0.316 e. The first kappa shape index (κ1) is 10.0. The second-order valence-corrected chi connectivity index (χ2v) is 3.80. The molecule has 2 heterocycles. The number of carbonyl (C=O) groups is 1. The molecule has 80 valence electrons. The van der Waals surface area contributed by atoms with Crippen molar-refractivity contribution in [2.45, 2.75) is 6.92 Å². The number of hydrogen-bond acceptors (Lipinski definition) is 4. The van der Waals surface area contributed by atoms with Crippen LogP contribution in [-0.4, -0.2) is 29.0 Å². The number of rotatable bonds is 2. The summed E-state index contributed by atoms with van der Waals surface area (Å²) in [5.74, 6) is 0.766. The summed E-state index contributed by atoms with van der Waals surface area (Å²) in [5, 5.41) is 5.90. The second kappa shape index (κ2) is 4.35. The zero-order valence-electron chi connectivity index (χ0n) is 8.60. The number of amides is 1. The van der Waals surface area contributed by atoms with Gasteiger partial charge in [0.05, 0.1) is 5.92 Å². The van der Waals surface area contributed by atoms with E-state index in [1.165, 1.54) is 0 Å². The molecule has 1 aromatic rings.